The zero-order valence-electron chi connectivity index (χ0n) is 21.1. The molecule has 0 aliphatic rings. The number of hydrogen-bond donors (Lipinski definition) is 4. The van der Waals surface area contributed by atoms with Crippen LogP contribution in [0.4, 0.5) is 5.69 Å². The predicted molar refractivity (Wildman–Crippen MR) is 127 cm³/mol. The predicted octanol–water partition coefficient (Wildman–Crippen LogP) is -5.69. The van der Waals surface area contributed by atoms with Crippen molar-refractivity contribution in [3.8, 4) is 0 Å². The van der Waals surface area contributed by atoms with Gasteiger partial charge in [-0.2, -0.15) is 0 Å². The van der Waals surface area contributed by atoms with E-state index in [1.165, 1.54) is 6.07 Å². The number of carbonyl (C=O) groups excluding carboxylic acids is 4. The summed E-state index contributed by atoms with van der Waals surface area (Å²) in [6.45, 7) is 1.56. The number of carboxylic acids is 2. The number of nitrogen functional groups attached to an aromatic ring is 1. The standard InChI is InChI=1S/C26H24N4O6.2K/c1-14(17-9-12-19(25(33)34)20(13-17)26(35)36)29-23(31)21(15-5-3-2-4-6-15)24(32)30-18-10-7-16(8-11-18)22(27)28;;/h2-14,21H,1H3,(H3,27,28)(H,29,31)(H,30,32)(H,33,34)(H,35,36);;/q;2*+1/p-2. The number of nitrogens with one attached hydrogen (secondary N) is 3. The molecule has 5 N–H and O–H groups in total. The molecule has 0 aliphatic carbocycles. The Morgan fingerprint density at radius 3 is 1.89 bits per heavy atom. The minimum Gasteiger partial charge on any atom is -0.545 e. The van der Waals surface area contributed by atoms with Crippen molar-refractivity contribution in [3.05, 3.63) is 101 Å². The van der Waals surface area contributed by atoms with E-state index in [0.717, 1.165) is 12.1 Å². The van der Waals surface area contributed by atoms with E-state index >= 15 is 0 Å². The van der Waals surface area contributed by atoms with Gasteiger partial charge in [0.25, 0.3) is 0 Å². The molecule has 0 bridgehead atoms. The van der Waals surface area contributed by atoms with E-state index in [1.807, 2.05) is 0 Å². The van der Waals surface area contributed by atoms with Crippen LogP contribution >= 0.6 is 0 Å². The maximum atomic E-state index is 13.2. The third-order valence-electron chi connectivity index (χ3n) is 5.46. The molecule has 10 nitrogen and oxygen atoms in total. The second-order valence-corrected chi connectivity index (χ2v) is 7.93. The van der Waals surface area contributed by atoms with Crippen LogP contribution in [0.5, 0.6) is 0 Å². The van der Waals surface area contributed by atoms with Gasteiger partial charge in [-0.1, -0.05) is 42.5 Å². The first kappa shape index (κ1) is 34.3. The average molecular weight is 565 g/mol. The Balaban J connectivity index is 0.00000361. The first-order chi connectivity index (χ1) is 17.1. The van der Waals surface area contributed by atoms with Crippen LogP contribution in [0.3, 0.4) is 0 Å². The molecule has 0 aromatic heterocycles. The van der Waals surface area contributed by atoms with Crippen LogP contribution in [0.1, 0.15) is 56.3 Å². The van der Waals surface area contributed by atoms with Crippen molar-refractivity contribution in [1.29, 1.82) is 5.41 Å². The second-order valence-electron chi connectivity index (χ2n) is 7.93. The molecule has 184 valence electrons. The van der Waals surface area contributed by atoms with Crippen molar-refractivity contribution in [1.82, 2.24) is 5.32 Å². The summed E-state index contributed by atoms with van der Waals surface area (Å²) < 4.78 is 0. The maximum Gasteiger partial charge on any atom is 1.00 e. The first-order valence-corrected chi connectivity index (χ1v) is 10.8. The van der Waals surface area contributed by atoms with Crippen molar-refractivity contribution in [2.75, 3.05) is 5.32 Å². The van der Waals surface area contributed by atoms with Crippen molar-refractivity contribution in [2.24, 2.45) is 5.73 Å². The Kier molecular flexibility index (Phi) is 14.2. The van der Waals surface area contributed by atoms with E-state index in [0.29, 0.717) is 22.4 Å². The number of aromatic carboxylic acids is 2. The quantitative estimate of drug-likeness (QED) is 0.0862. The van der Waals surface area contributed by atoms with Crippen LogP contribution in [-0.2, 0) is 9.59 Å². The molecule has 0 saturated carbocycles. The van der Waals surface area contributed by atoms with Gasteiger partial charge in [0.1, 0.15) is 11.8 Å². The van der Waals surface area contributed by atoms with Crippen molar-refractivity contribution in [2.45, 2.75) is 18.9 Å². The number of carboxylic acid groups (broad SMARTS) is 2. The van der Waals surface area contributed by atoms with Gasteiger partial charge in [0.2, 0.25) is 11.8 Å². The molecule has 0 heterocycles. The number of carbonyl (C=O) groups is 4. The zero-order valence-corrected chi connectivity index (χ0v) is 27.4. The second kappa shape index (κ2) is 15.8. The Hall–Kier alpha value is -1.72. The van der Waals surface area contributed by atoms with E-state index in [1.54, 1.807) is 61.5 Å². The molecule has 0 radical (unpaired) electrons. The van der Waals surface area contributed by atoms with Crippen molar-refractivity contribution >= 4 is 35.3 Å². The fourth-order valence-corrected chi connectivity index (χ4v) is 3.57. The van der Waals surface area contributed by atoms with E-state index in [9.17, 15) is 29.4 Å². The zero-order chi connectivity index (χ0) is 26.4. The molecule has 2 amide bonds. The number of hydrogen-bond acceptors (Lipinski definition) is 7. The summed E-state index contributed by atoms with van der Waals surface area (Å²) in [6, 6.07) is 17.3. The Morgan fingerprint density at radius 2 is 1.37 bits per heavy atom. The van der Waals surface area contributed by atoms with Crippen LogP contribution in [0.25, 0.3) is 0 Å². The van der Waals surface area contributed by atoms with Gasteiger partial charge in [-0.05, 0) is 48.4 Å². The number of amidine groups is 1. The molecule has 3 rings (SSSR count). The van der Waals surface area contributed by atoms with E-state index in [2.05, 4.69) is 10.6 Å². The van der Waals surface area contributed by atoms with Gasteiger partial charge in [0.05, 0.1) is 18.0 Å². The van der Waals surface area contributed by atoms with Gasteiger partial charge in [-0.15, -0.1) is 0 Å². The fourth-order valence-electron chi connectivity index (χ4n) is 3.57. The van der Waals surface area contributed by atoms with Gasteiger partial charge in [0, 0.05) is 22.4 Å². The monoisotopic (exact) mass is 564 g/mol. The van der Waals surface area contributed by atoms with Crippen LogP contribution in [0.2, 0.25) is 0 Å². The van der Waals surface area contributed by atoms with Gasteiger partial charge < -0.3 is 36.2 Å². The molecule has 0 fully saturated rings. The largest absolute Gasteiger partial charge is 1.00 e. The van der Waals surface area contributed by atoms with Gasteiger partial charge in [-0.3, -0.25) is 15.0 Å². The number of benzene rings is 3. The van der Waals surface area contributed by atoms with Crippen LogP contribution in [0, 0.1) is 5.41 Å². The van der Waals surface area contributed by atoms with E-state index in [-0.39, 0.29) is 109 Å². The molecule has 0 spiro atoms. The molecule has 2 atom stereocenters. The topological polar surface area (TPSA) is 188 Å². The Morgan fingerprint density at radius 1 is 0.789 bits per heavy atom. The Labute approximate surface area is 304 Å². The Bertz CT molecular complexity index is 1330. The normalized spacial score (nSPS) is 11.5. The maximum absolute atomic E-state index is 13.2. The van der Waals surface area contributed by atoms with Crippen LogP contribution in [0.15, 0.2) is 72.8 Å². The number of amides is 2. The van der Waals surface area contributed by atoms with E-state index < -0.39 is 46.8 Å². The molecule has 12 heteroatoms. The van der Waals surface area contributed by atoms with E-state index in [4.69, 9.17) is 11.1 Å². The molecule has 0 aliphatic heterocycles. The summed E-state index contributed by atoms with van der Waals surface area (Å²) >= 11 is 0. The van der Waals surface area contributed by atoms with Gasteiger partial charge >= 0.3 is 103 Å². The SMILES string of the molecule is CC(NC(=O)C(C(=O)Nc1ccc(C(=N)N)cc1)c1ccccc1)c1ccc(C(=O)[O-])c(C(=O)[O-])c1.[K+].[K+]. The summed E-state index contributed by atoms with van der Waals surface area (Å²) in [5.41, 5.74) is 5.89. The number of anilines is 1. The minimum atomic E-state index is -1.70. The van der Waals surface area contributed by atoms with Crippen LogP contribution in [-0.4, -0.2) is 29.6 Å². The average Bonchev–Trinajstić information content (AvgIpc) is 2.84. The molecule has 38 heavy (non-hydrogen) atoms. The summed E-state index contributed by atoms with van der Waals surface area (Å²) in [6.07, 6.45) is 0. The number of nitrogens with two attached hydrogens (primary N) is 1. The first-order valence-electron chi connectivity index (χ1n) is 10.8. The molecule has 3 aromatic carbocycles. The summed E-state index contributed by atoms with van der Waals surface area (Å²) in [4.78, 5) is 49.0. The molecular weight excluding hydrogens is 543 g/mol. The third kappa shape index (κ3) is 8.91. The smallest absolute Gasteiger partial charge is 0.545 e. The van der Waals surface area contributed by atoms with Crippen LogP contribution < -0.4 is 129 Å². The van der Waals surface area contributed by atoms with Gasteiger partial charge in [-0.25, -0.2) is 0 Å². The van der Waals surface area contributed by atoms with Gasteiger partial charge in [0.15, 0.2) is 0 Å². The fraction of sp³-hybridized carbons (Fsp3) is 0.115. The summed E-state index contributed by atoms with van der Waals surface area (Å²) in [7, 11) is 0. The molecule has 0 saturated heterocycles. The number of rotatable bonds is 9. The molecule has 3 aromatic rings. The summed E-state index contributed by atoms with van der Waals surface area (Å²) in [5.74, 6) is -6.04. The van der Waals surface area contributed by atoms with Crippen molar-refractivity contribution in [3.63, 3.8) is 0 Å². The minimum absolute atomic E-state index is 0. The molecule has 2 unspecified atom stereocenters. The molecular formula is C26H22K2N4O6. The summed E-state index contributed by atoms with van der Waals surface area (Å²) in [5, 5.41) is 35.4. The van der Waals surface area contributed by atoms with Crippen molar-refractivity contribution < 1.29 is 132 Å². The third-order valence-corrected chi connectivity index (χ3v) is 5.46.